The van der Waals surface area contributed by atoms with Crippen LogP contribution >= 0.6 is 0 Å². The van der Waals surface area contributed by atoms with Gasteiger partial charge in [-0.3, -0.25) is 0 Å². The summed E-state index contributed by atoms with van der Waals surface area (Å²) in [5.41, 5.74) is 7.10. The molecule has 3 N–H and O–H groups in total. The first kappa shape index (κ1) is 14.7. The first-order valence-corrected chi connectivity index (χ1v) is 7.45. The van der Waals surface area contributed by atoms with Gasteiger partial charge in [0.2, 0.25) is 5.95 Å². The van der Waals surface area contributed by atoms with E-state index < -0.39 is 10.0 Å². The Balaban J connectivity index is 2.46. The molecule has 2 rings (SSSR count). The molecule has 8 heteroatoms. The highest BCUT2D eigenvalue weighted by Crippen LogP contribution is 2.20. The molecule has 108 valence electrons. The second-order valence-electron chi connectivity index (χ2n) is 4.45. The van der Waals surface area contributed by atoms with Gasteiger partial charge in [-0.2, -0.15) is 5.26 Å². The van der Waals surface area contributed by atoms with Gasteiger partial charge >= 0.3 is 0 Å². The Labute approximate surface area is 122 Å². The molecule has 0 bridgehead atoms. The van der Waals surface area contributed by atoms with E-state index in [4.69, 9.17) is 11.0 Å². The van der Waals surface area contributed by atoms with Gasteiger partial charge < -0.3 is 5.73 Å². The first-order valence-electron chi connectivity index (χ1n) is 5.96. The van der Waals surface area contributed by atoms with Crippen LogP contribution in [0.15, 0.2) is 29.2 Å². The number of nitrogens with two attached hydrogens (primary N) is 1. The molecule has 0 saturated heterocycles. The van der Waals surface area contributed by atoms with Crippen molar-refractivity contribution in [3.8, 4) is 6.07 Å². The summed E-state index contributed by atoms with van der Waals surface area (Å²) in [7, 11) is -3.96. The average Bonchev–Trinajstić information content (AvgIpc) is 2.36. The van der Waals surface area contributed by atoms with Crippen LogP contribution in [0, 0.1) is 25.2 Å². The van der Waals surface area contributed by atoms with E-state index in [1.807, 2.05) is 6.07 Å². The third-order valence-corrected chi connectivity index (χ3v) is 4.01. The van der Waals surface area contributed by atoms with E-state index >= 15 is 0 Å². The molecule has 0 unspecified atom stereocenters. The van der Waals surface area contributed by atoms with Crippen molar-refractivity contribution < 1.29 is 8.42 Å². The largest absolute Gasteiger partial charge is 0.399 e. The standard InChI is InChI=1S/C13H13N5O2S/c1-8-5-9(2)17-13(16-8)18-21(19,20)12-4-3-11(15)6-10(12)7-14/h3-6H,15H2,1-2H3,(H,16,17,18). The van der Waals surface area contributed by atoms with Crippen LogP contribution in [0.25, 0.3) is 0 Å². The average molecular weight is 303 g/mol. The SMILES string of the molecule is Cc1cc(C)nc(NS(=O)(=O)c2ccc(N)cc2C#N)n1. The summed E-state index contributed by atoms with van der Waals surface area (Å²) in [6.07, 6.45) is 0. The zero-order valence-electron chi connectivity index (χ0n) is 11.5. The number of rotatable bonds is 3. The maximum Gasteiger partial charge on any atom is 0.265 e. The molecule has 0 aliphatic heterocycles. The van der Waals surface area contributed by atoms with Gasteiger partial charge in [0.15, 0.2) is 0 Å². The lowest BCUT2D eigenvalue weighted by atomic mass is 10.2. The monoisotopic (exact) mass is 303 g/mol. The molecule has 0 amide bonds. The van der Waals surface area contributed by atoms with Gasteiger partial charge in [0.25, 0.3) is 10.0 Å². The molecule has 0 spiro atoms. The number of nitrogens with one attached hydrogen (secondary N) is 1. The number of nitrogens with zero attached hydrogens (tertiary/aromatic N) is 3. The molecule has 0 atom stereocenters. The number of nitrogen functional groups attached to an aromatic ring is 1. The summed E-state index contributed by atoms with van der Waals surface area (Å²) in [6.45, 7) is 3.47. The van der Waals surface area contributed by atoms with E-state index in [1.54, 1.807) is 19.9 Å². The highest BCUT2D eigenvalue weighted by atomic mass is 32.2. The van der Waals surface area contributed by atoms with Gasteiger partial charge in [0.1, 0.15) is 11.0 Å². The lowest BCUT2D eigenvalue weighted by Gasteiger charge is -2.09. The molecule has 2 aromatic rings. The molecule has 0 saturated carbocycles. The van der Waals surface area contributed by atoms with E-state index in [2.05, 4.69) is 14.7 Å². The van der Waals surface area contributed by atoms with Crippen LogP contribution in [0.5, 0.6) is 0 Å². The maximum atomic E-state index is 12.3. The Morgan fingerprint density at radius 1 is 1.19 bits per heavy atom. The van der Waals surface area contributed by atoms with Crippen LogP contribution in [-0.4, -0.2) is 18.4 Å². The van der Waals surface area contributed by atoms with Crippen LogP contribution in [0.3, 0.4) is 0 Å². The normalized spacial score (nSPS) is 10.9. The Hall–Kier alpha value is -2.66. The Kier molecular flexibility index (Phi) is 3.78. The second kappa shape index (κ2) is 5.38. The van der Waals surface area contributed by atoms with Gasteiger partial charge in [0.05, 0.1) is 5.56 Å². The fraction of sp³-hybridized carbons (Fsp3) is 0.154. The van der Waals surface area contributed by atoms with Crippen molar-refractivity contribution in [2.24, 2.45) is 0 Å². The van der Waals surface area contributed by atoms with E-state index in [0.29, 0.717) is 17.1 Å². The Bertz CT molecular complexity index is 820. The van der Waals surface area contributed by atoms with Crippen LogP contribution in [0.2, 0.25) is 0 Å². The van der Waals surface area contributed by atoms with Gasteiger partial charge in [0, 0.05) is 17.1 Å². The summed E-state index contributed by atoms with van der Waals surface area (Å²) in [6, 6.07) is 7.53. The number of aryl methyl sites for hydroxylation is 2. The third kappa shape index (κ3) is 3.27. The molecular formula is C13H13N5O2S. The van der Waals surface area contributed by atoms with Crippen molar-refractivity contribution in [1.82, 2.24) is 9.97 Å². The van der Waals surface area contributed by atoms with Crippen LogP contribution < -0.4 is 10.5 Å². The Morgan fingerprint density at radius 2 is 1.81 bits per heavy atom. The molecule has 7 nitrogen and oxygen atoms in total. The summed E-state index contributed by atoms with van der Waals surface area (Å²) >= 11 is 0. The van der Waals surface area contributed by atoms with Crippen molar-refractivity contribution >= 4 is 21.7 Å². The first-order chi connectivity index (χ1) is 9.81. The second-order valence-corrected chi connectivity index (χ2v) is 6.10. The van der Waals surface area contributed by atoms with Gasteiger partial charge in [-0.25, -0.2) is 23.1 Å². The summed E-state index contributed by atoms with van der Waals surface area (Å²) in [5, 5.41) is 9.03. The summed E-state index contributed by atoms with van der Waals surface area (Å²) in [4.78, 5) is 7.85. The van der Waals surface area contributed by atoms with E-state index in [1.165, 1.54) is 18.2 Å². The van der Waals surface area contributed by atoms with Gasteiger partial charge in [-0.15, -0.1) is 0 Å². The quantitative estimate of drug-likeness (QED) is 0.825. The van der Waals surface area contributed by atoms with Crippen molar-refractivity contribution in [2.75, 3.05) is 10.5 Å². The van der Waals surface area contributed by atoms with Crippen molar-refractivity contribution in [1.29, 1.82) is 5.26 Å². The fourth-order valence-electron chi connectivity index (χ4n) is 1.82. The molecule has 0 aliphatic rings. The van der Waals surface area contributed by atoms with E-state index in [-0.39, 0.29) is 16.4 Å². The smallest absolute Gasteiger partial charge is 0.265 e. The Morgan fingerprint density at radius 3 is 2.38 bits per heavy atom. The fourth-order valence-corrected chi connectivity index (χ4v) is 2.90. The van der Waals surface area contributed by atoms with Crippen molar-refractivity contribution in [3.63, 3.8) is 0 Å². The molecule has 1 aromatic heterocycles. The zero-order chi connectivity index (χ0) is 15.6. The van der Waals surface area contributed by atoms with Crippen LogP contribution in [0.4, 0.5) is 11.6 Å². The predicted octanol–water partition coefficient (Wildman–Crippen LogP) is 1.35. The van der Waals surface area contributed by atoms with Crippen molar-refractivity contribution in [3.05, 3.63) is 41.2 Å². The van der Waals surface area contributed by atoms with E-state index in [0.717, 1.165) is 0 Å². The molecule has 0 fully saturated rings. The number of hydrogen-bond donors (Lipinski definition) is 2. The van der Waals surface area contributed by atoms with Gasteiger partial charge in [-0.05, 0) is 38.1 Å². The molecular weight excluding hydrogens is 290 g/mol. The summed E-state index contributed by atoms with van der Waals surface area (Å²) < 4.78 is 26.9. The van der Waals surface area contributed by atoms with Crippen LogP contribution in [-0.2, 0) is 10.0 Å². The third-order valence-electron chi connectivity index (χ3n) is 2.62. The molecule has 0 aliphatic carbocycles. The zero-order valence-corrected chi connectivity index (χ0v) is 12.3. The number of benzene rings is 1. The number of aromatic nitrogens is 2. The number of anilines is 2. The molecule has 1 aromatic carbocycles. The highest BCUT2D eigenvalue weighted by Gasteiger charge is 2.20. The molecule has 21 heavy (non-hydrogen) atoms. The number of hydrogen-bond acceptors (Lipinski definition) is 6. The van der Waals surface area contributed by atoms with E-state index in [9.17, 15) is 8.42 Å². The number of nitriles is 1. The minimum absolute atomic E-state index is 0.0341. The lowest BCUT2D eigenvalue weighted by Crippen LogP contribution is -2.17. The number of sulfonamides is 1. The minimum Gasteiger partial charge on any atom is -0.399 e. The van der Waals surface area contributed by atoms with Crippen molar-refractivity contribution in [2.45, 2.75) is 18.7 Å². The highest BCUT2D eigenvalue weighted by molar-refractivity contribution is 7.92. The molecule has 0 radical (unpaired) electrons. The maximum absolute atomic E-state index is 12.3. The summed E-state index contributed by atoms with van der Waals surface area (Å²) in [5.74, 6) is -0.0341. The molecule has 1 heterocycles. The lowest BCUT2D eigenvalue weighted by molar-refractivity contribution is 0.600. The van der Waals surface area contributed by atoms with Crippen LogP contribution in [0.1, 0.15) is 17.0 Å². The predicted molar refractivity (Wildman–Crippen MR) is 77.9 cm³/mol. The minimum atomic E-state index is -3.96. The van der Waals surface area contributed by atoms with Gasteiger partial charge in [-0.1, -0.05) is 0 Å². The topological polar surface area (TPSA) is 122 Å².